The Hall–Kier alpha value is -2.24. The first-order chi connectivity index (χ1) is 11.0. The molecule has 1 fully saturated rings. The van der Waals surface area contributed by atoms with Crippen molar-refractivity contribution < 1.29 is 18.7 Å². The topological polar surface area (TPSA) is 67.8 Å². The van der Waals surface area contributed by atoms with Gasteiger partial charge in [0.15, 0.2) is 0 Å². The van der Waals surface area contributed by atoms with E-state index in [1.165, 1.54) is 12.1 Å². The van der Waals surface area contributed by atoms with E-state index < -0.39 is 18.0 Å². The van der Waals surface area contributed by atoms with Crippen molar-refractivity contribution in [2.75, 3.05) is 0 Å². The van der Waals surface area contributed by atoms with Crippen LogP contribution in [0, 0.1) is 11.7 Å². The van der Waals surface area contributed by atoms with Crippen LogP contribution in [0.3, 0.4) is 0 Å². The monoisotopic (exact) mass is 318 g/mol. The summed E-state index contributed by atoms with van der Waals surface area (Å²) >= 11 is 0. The molecule has 2 aliphatic rings. The highest BCUT2D eigenvalue weighted by molar-refractivity contribution is 6.08. The lowest BCUT2D eigenvalue weighted by atomic mass is 9.88. The van der Waals surface area contributed by atoms with Crippen molar-refractivity contribution in [3.63, 3.8) is 0 Å². The summed E-state index contributed by atoms with van der Waals surface area (Å²) in [6, 6.07) is 4.66. The molecule has 0 radical (unpaired) electrons. The SMILES string of the molecule is CC1=NC(=O)NC(c2ccc(F)cc2)C1C(=O)OC1CCCC1. The van der Waals surface area contributed by atoms with E-state index in [0.29, 0.717) is 11.3 Å². The average molecular weight is 318 g/mol. The first-order valence-corrected chi connectivity index (χ1v) is 7.86. The van der Waals surface area contributed by atoms with Gasteiger partial charge in [-0.2, -0.15) is 0 Å². The van der Waals surface area contributed by atoms with Gasteiger partial charge in [0.1, 0.15) is 17.8 Å². The summed E-state index contributed by atoms with van der Waals surface area (Å²) in [5, 5.41) is 2.69. The second-order valence-electron chi connectivity index (χ2n) is 6.05. The van der Waals surface area contributed by atoms with Gasteiger partial charge in [0.05, 0.1) is 6.04 Å². The number of esters is 1. The molecule has 2 atom stereocenters. The van der Waals surface area contributed by atoms with Gasteiger partial charge in [-0.15, -0.1) is 0 Å². The first-order valence-electron chi connectivity index (χ1n) is 7.86. The van der Waals surface area contributed by atoms with Gasteiger partial charge in [-0.1, -0.05) is 12.1 Å². The molecule has 1 aromatic carbocycles. The fourth-order valence-corrected chi connectivity index (χ4v) is 3.22. The Morgan fingerprint density at radius 2 is 1.91 bits per heavy atom. The number of ether oxygens (including phenoxy) is 1. The van der Waals surface area contributed by atoms with Crippen molar-refractivity contribution in [2.45, 2.75) is 44.8 Å². The lowest BCUT2D eigenvalue weighted by molar-refractivity contribution is -0.152. The molecule has 0 aromatic heterocycles. The summed E-state index contributed by atoms with van der Waals surface area (Å²) in [6.45, 7) is 1.65. The van der Waals surface area contributed by atoms with E-state index in [0.717, 1.165) is 25.7 Å². The Morgan fingerprint density at radius 1 is 1.26 bits per heavy atom. The molecular weight excluding hydrogens is 299 g/mol. The Labute approximate surface area is 133 Å². The van der Waals surface area contributed by atoms with E-state index in [1.54, 1.807) is 19.1 Å². The summed E-state index contributed by atoms with van der Waals surface area (Å²) in [6.07, 6.45) is 3.83. The third-order valence-electron chi connectivity index (χ3n) is 4.41. The molecule has 2 amide bonds. The lowest BCUT2D eigenvalue weighted by Crippen LogP contribution is -2.44. The van der Waals surface area contributed by atoms with E-state index in [1.807, 2.05) is 0 Å². The predicted molar refractivity (Wildman–Crippen MR) is 82.6 cm³/mol. The molecule has 122 valence electrons. The molecule has 1 saturated carbocycles. The second kappa shape index (κ2) is 6.48. The maximum Gasteiger partial charge on any atom is 0.341 e. The summed E-state index contributed by atoms with van der Waals surface area (Å²) in [7, 11) is 0. The number of aliphatic imine (C=N–C) groups is 1. The summed E-state index contributed by atoms with van der Waals surface area (Å²) in [5.74, 6) is -1.43. The van der Waals surface area contributed by atoms with Crippen LogP contribution in [-0.2, 0) is 9.53 Å². The summed E-state index contributed by atoms with van der Waals surface area (Å²) < 4.78 is 18.7. The Kier molecular flexibility index (Phi) is 4.41. The average Bonchev–Trinajstić information content (AvgIpc) is 3.00. The fraction of sp³-hybridized carbons (Fsp3) is 0.471. The number of rotatable bonds is 3. The van der Waals surface area contributed by atoms with E-state index in [9.17, 15) is 14.0 Å². The van der Waals surface area contributed by atoms with E-state index >= 15 is 0 Å². The normalized spacial score (nSPS) is 25.0. The van der Waals surface area contributed by atoms with E-state index in [-0.39, 0.29) is 17.9 Å². The van der Waals surface area contributed by atoms with Crippen LogP contribution in [0.15, 0.2) is 29.3 Å². The van der Waals surface area contributed by atoms with Gasteiger partial charge in [0.25, 0.3) is 0 Å². The Morgan fingerprint density at radius 3 is 2.57 bits per heavy atom. The van der Waals surface area contributed by atoms with Crippen LogP contribution in [0.4, 0.5) is 9.18 Å². The van der Waals surface area contributed by atoms with Crippen LogP contribution in [0.1, 0.15) is 44.2 Å². The standard InChI is InChI=1S/C17H19FN2O3/c1-10-14(16(21)23-13-4-2-3-5-13)15(20-17(22)19-10)11-6-8-12(18)9-7-11/h6-9,13-15H,2-5H2,1H3,(H,20,22). The number of benzene rings is 1. The van der Waals surface area contributed by atoms with Crippen LogP contribution in [0.2, 0.25) is 0 Å². The zero-order valence-corrected chi connectivity index (χ0v) is 12.9. The zero-order valence-electron chi connectivity index (χ0n) is 12.9. The van der Waals surface area contributed by atoms with E-state index in [4.69, 9.17) is 4.74 Å². The molecule has 3 rings (SSSR count). The molecule has 0 bridgehead atoms. The minimum absolute atomic E-state index is 0.0539. The molecule has 1 aliphatic heterocycles. The number of urea groups is 1. The molecule has 2 unspecified atom stereocenters. The third-order valence-corrected chi connectivity index (χ3v) is 4.41. The largest absolute Gasteiger partial charge is 0.462 e. The summed E-state index contributed by atoms with van der Waals surface area (Å²) in [5.41, 5.74) is 1.08. The van der Waals surface area contributed by atoms with Crippen LogP contribution in [0.5, 0.6) is 0 Å². The van der Waals surface area contributed by atoms with Crippen molar-refractivity contribution in [1.82, 2.24) is 5.32 Å². The highest BCUT2D eigenvalue weighted by Crippen LogP contribution is 2.30. The molecule has 23 heavy (non-hydrogen) atoms. The van der Waals surface area contributed by atoms with Gasteiger partial charge in [0, 0.05) is 5.71 Å². The van der Waals surface area contributed by atoms with Gasteiger partial charge in [-0.3, -0.25) is 4.79 Å². The van der Waals surface area contributed by atoms with Crippen molar-refractivity contribution >= 4 is 17.7 Å². The van der Waals surface area contributed by atoms with Gasteiger partial charge >= 0.3 is 12.0 Å². The molecule has 6 heteroatoms. The Bertz CT molecular complexity index is 636. The molecular formula is C17H19FN2O3. The number of carbonyl (C=O) groups is 2. The predicted octanol–water partition coefficient (Wildman–Crippen LogP) is 3.15. The highest BCUT2D eigenvalue weighted by Gasteiger charge is 2.39. The summed E-state index contributed by atoms with van der Waals surface area (Å²) in [4.78, 5) is 28.2. The number of hydrogen-bond donors (Lipinski definition) is 1. The van der Waals surface area contributed by atoms with Gasteiger partial charge in [0.2, 0.25) is 0 Å². The molecule has 1 aromatic rings. The molecule has 1 heterocycles. The molecule has 0 saturated heterocycles. The number of halogens is 1. The van der Waals surface area contributed by atoms with Crippen molar-refractivity contribution in [3.05, 3.63) is 35.6 Å². The minimum atomic E-state index is -0.682. The zero-order chi connectivity index (χ0) is 16.4. The first kappa shape index (κ1) is 15.6. The van der Waals surface area contributed by atoms with Gasteiger partial charge in [-0.25, -0.2) is 14.2 Å². The number of carbonyl (C=O) groups excluding carboxylic acids is 2. The molecule has 1 aliphatic carbocycles. The maximum absolute atomic E-state index is 13.1. The molecule has 5 nitrogen and oxygen atoms in total. The number of nitrogens with one attached hydrogen (secondary N) is 1. The molecule has 0 spiro atoms. The van der Waals surface area contributed by atoms with Gasteiger partial charge < -0.3 is 10.1 Å². The van der Waals surface area contributed by atoms with Crippen molar-refractivity contribution in [3.8, 4) is 0 Å². The van der Waals surface area contributed by atoms with Crippen molar-refractivity contribution in [1.29, 1.82) is 0 Å². The van der Waals surface area contributed by atoms with Crippen LogP contribution in [0.25, 0.3) is 0 Å². The second-order valence-corrected chi connectivity index (χ2v) is 6.05. The highest BCUT2D eigenvalue weighted by atomic mass is 19.1. The smallest absolute Gasteiger partial charge is 0.341 e. The third kappa shape index (κ3) is 3.41. The number of hydrogen-bond acceptors (Lipinski definition) is 3. The van der Waals surface area contributed by atoms with Crippen LogP contribution >= 0.6 is 0 Å². The van der Waals surface area contributed by atoms with Crippen LogP contribution in [-0.4, -0.2) is 23.8 Å². The number of amides is 2. The van der Waals surface area contributed by atoms with Gasteiger partial charge in [-0.05, 0) is 50.3 Å². The molecule has 1 N–H and O–H groups in total. The number of nitrogens with zero attached hydrogens (tertiary/aromatic N) is 1. The van der Waals surface area contributed by atoms with Crippen molar-refractivity contribution in [2.24, 2.45) is 10.9 Å². The fourth-order valence-electron chi connectivity index (χ4n) is 3.22. The lowest BCUT2D eigenvalue weighted by Gasteiger charge is -2.30. The van der Waals surface area contributed by atoms with E-state index in [2.05, 4.69) is 10.3 Å². The van der Waals surface area contributed by atoms with Crippen LogP contribution < -0.4 is 5.32 Å². The minimum Gasteiger partial charge on any atom is -0.462 e. The maximum atomic E-state index is 13.1. The quantitative estimate of drug-likeness (QED) is 0.871. The Balaban J connectivity index is 1.85.